The van der Waals surface area contributed by atoms with Gasteiger partial charge in [-0.05, 0) is 30.0 Å². The van der Waals surface area contributed by atoms with Gasteiger partial charge in [0.15, 0.2) is 0 Å². The van der Waals surface area contributed by atoms with E-state index >= 15 is 0 Å². The molecule has 2 nitrogen and oxygen atoms in total. The molecule has 1 N–H and O–H groups in total. The molecular formula is C13H16Cl2N2. The highest BCUT2D eigenvalue weighted by atomic mass is 35.5. The average molecular weight is 271 g/mol. The van der Waals surface area contributed by atoms with Crippen molar-refractivity contribution in [2.45, 2.75) is 26.7 Å². The number of nitrogens with one attached hydrogen (secondary N) is 1. The molecular weight excluding hydrogens is 255 g/mol. The van der Waals surface area contributed by atoms with Crippen LogP contribution in [-0.2, 0) is 0 Å². The maximum absolute atomic E-state index is 8.58. The van der Waals surface area contributed by atoms with Gasteiger partial charge in [0.25, 0.3) is 0 Å². The van der Waals surface area contributed by atoms with Gasteiger partial charge >= 0.3 is 0 Å². The summed E-state index contributed by atoms with van der Waals surface area (Å²) in [6.07, 6.45) is 1.44. The summed E-state index contributed by atoms with van der Waals surface area (Å²) in [6.45, 7) is 5.03. The minimum absolute atomic E-state index is 0.0681. The van der Waals surface area contributed by atoms with Crippen LogP contribution < -0.4 is 5.32 Å². The molecule has 0 radical (unpaired) electrons. The molecule has 0 aliphatic carbocycles. The van der Waals surface area contributed by atoms with Crippen LogP contribution in [0.2, 0.25) is 10.0 Å². The molecule has 0 unspecified atom stereocenters. The molecule has 0 atom stereocenters. The SMILES string of the molecule is CC(C)(CCC#N)CNc1ccc(Cl)cc1Cl. The Balaban J connectivity index is 2.58. The fraction of sp³-hybridized carbons (Fsp3) is 0.462. The van der Waals surface area contributed by atoms with Gasteiger partial charge in [-0.25, -0.2) is 0 Å². The highest BCUT2D eigenvalue weighted by Crippen LogP contribution is 2.28. The second kappa shape index (κ2) is 6.14. The molecule has 0 aliphatic heterocycles. The highest BCUT2D eigenvalue weighted by molar-refractivity contribution is 6.36. The number of hydrogen-bond acceptors (Lipinski definition) is 2. The first kappa shape index (κ1) is 14.2. The third-order valence-corrected chi connectivity index (χ3v) is 3.15. The summed E-state index contributed by atoms with van der Waals surface area (Å²) in [6, 6.07) is 7.56. The molecule has 0 aliphatic rings. The highest BCUT2D eigenvalue weighted by Gasteiger charge is 2.17. The van der Waals surface area contributed by atoms with Crippen molar-refractivity contribution >= 4 is 28.9 Å². The number of hydrogen-bond donors (Lipinski definition) is 1. The van der Waals surface area contributed by atoms with E-state index in [1.54, 1.807) is 12.1 Å². The molecule has 1 aromatic rings. The summed E-state index contributed by atoms with van der Waals surface area (Å²) < 4.78 is 0. The molecule has 1 rings (SSSR count). The molecule has 0 saturated heterocycles. The van der Waals surface area contributed by atoms with Crippen molar-refractivity contribution < 1.29 is 0 Å². The first-order chi connectivity index (χ1) is 7.94. The van der Waals surface area contributed by atoms with Crippen molar-refractivity contribution in [3.63, 3.8) is 0 Å². The number of nitriles is 1. The molecule has 17 heavy (non-hydrogen) atoms. The zero-order chi connectivity index (χ0) is 12.9. The molecule has 0 heterocycles. The van der Waals surface area contributed by atoms with Crippen LogP contribution in [0.1, 0.15) is 26.7 Å². The first-order valence-corrected chi connectivity index (χ1v) is 6.26. The molecule has 92 valence electrons. The molecule has 4 heteroatoms. The lowest BCUT2D eigenvalue weighted by molar-refractivity contribution is 0.364. The van der Waals surface area contributed by atoms with E-state index in [4.69, 9.17) is 28.5 Å². The molecule has 0 bridgehead atoms. The Labute approximate surface area is 113 Å². The van der Waals surface area contributed by atoms with Gasteiger partial charge in [0.05, 0.1) is 16.8 Å². The summed E-state index contributed by atoms with van der Waals surface area (Å²) in [4.78, 5) is 0. The monoisotopic (exact) mass is 270 g/mol. The summed E-state index contributed by atoms with van der Waals surface area (Å²) in [5.41, 5.74) is 0.944. The predicted octanol–water partition coefficient (Wildman–Crippen LogP) is 4.74. The van der Waals surface area contributed by atoms with Crippen molar-refractivity contribution in [2.75, 3.05) is 11.9 Å². The Hall–Kier alpha value is -0.910. The van der Waals surface area contributed by atoms with Crippen LogP contribution in [0.4, 0.5) is 5.69 Å². The van der Waals surface area contributed by atoms with E-state index in [0.29, 0.717) is 16.5 Å². The molecule has 0 aromatic heterocycles. The van der Waals surface area contributed by atoms with E-state index in [2.05, 4.69) is 25.2 Å². The number of halogens is 2. The lowest BCUT2D eigenvalue weighted by Crippen LogP contribution is -2.23. The molecule has 0 saturated carbocycles. The van der Waals surface area contributed by atoms with Crippen LogP contribution >= 0.6 is 23.2 Å². The third kappa shape index (κ3) is 4.85. The number of nitrogens with zero attached hydrogens (tertiary/aromatic N) is 1. The van der Waals surface area contributed by atoms with Gasteiger partial charge < -0.3 is 5.32 Å². The first-order valence-electron chi connectivity index (χ1n) is 5.50. The lowest BCUT2D eigenvalue weighted by atomic mass is 9.88. The maximum atomic E-state index is 8.58. The fourth-order valence-corrected chi connectivity index (χ4v) is 1.93. The average Bonchev–Trinajstić information content (AvgIpc) is 2.25. The Morgan fingerprint density at radius 3 is 2.65 bits per heavy atom. The van der Waals surface area contributed by atoms with E-state index < -0.39 is 0 Å². The van der Waals surface area contributed by atoms with Crippen molar-refractivity contribution in [2.24, 2.45) is 5.41 Å². The quantitative estimate of drug-likeness (QED) is 0.839. The minimum Gasteiger partial charge on any atom is -0.383 e. The predicted molar refractivity (Wildman–Crippen MR) is 73.6 cm³/mol. The van der Waals surface area contributed by atoms with Crippen LogP contribution in [0.25, 0.3) is 0 Å². The topological polar surface area (TPSA) is 35.8 Å². The van der Waals surface area contributed by atoms with Crippen LogP contribution in [0.15, 0.2) is 18.2 Å². The van der Waals surface area contributed by atoms with Gasteiger partial charge in [-0.15, -0.1) is 0 Å². The fourth-order valence-electron chi connectivity index (χ4n) is 1.45. The normalized spacial score (nSPS) is 11.0. The smallest absolute Gasteiger partial charge is 0.0652 e. The second-order valence-corrected chi connectivity index (χ2v) is 5.64. The largest absolute Gasteiger partial charge is 0.383 e. The van der Waals surface area contributed by atoms with Gasteiger partial charge in [-0.3, -0.25) is 0 Å². The van der Waals surface area contributed by atoms with Crippen LogP contribution in [0.5, 0.6) is 0 Å². The summed E-state index contributed by atoms with van der Waals surface area (Å²) >= 11 is 11.9. The van der Waals surface area contributed by atoms with Gasteiger partial charge in [0, 0.05) is 18.0 Å². The number of anilines is 1. The van der Waals surface area contributed by atoms with E-state index in [-0.39, 0.29) is 5.41 Å². The van der Waals surface area contributed by atoms with Crippen molar-refractivity contribution in [3.05, 3.63) is 28.2 Å². The lowest BCUT2D eigenvalue weighted by Gasteiger charge is -2.24. The van der Waals surface area contributed by atoms with Gasteiger partial charge in [-0.1, -0.05) is 37.0 Å². The van der Waals surface area contributed by atoms with Crippen LogP contribution in [0, 0.1) is 16.7 Å². The summed E-state index contributed by atoms with van der Waals surface area (Å²) in [7, 11) is 0. The van der Waals surface area contributed by atoms with E-state index in [0.717, 1.165) is 18.7 Å². The third-order valence-electron chi connectivity index (χ3n) is 2.60. The minimum atomic E-state index is 0.0681. The van der Waals surface area contributed by atoms with E-state index in [1.807, 2.05) is 6.07 Å². The summed E-state index contributed by atoms with van der Waals surface area (Å²) in [5, 5.41) is 13.1. The van der Waals surface area contributed by atoms with Crippen molar-refractivity contribution in [1.29, 1.82) is 5.26 Å². The standard InChI is InChI=1S/C13H16Cl2N2/c1-13(2,6-3-7-16)9-17-12-5-4-10(14)8-11(12)15/h4-5,8,17H,3,6,9H2,1-2H3. The maximum Gasteiger partial charge on any atom is 0.0652 e. The van der Waals surface area contributed by atoms with Crippen LogP contribution in [-0.4, -0.2) is 6.54 Å². The van der Waals surface area contributed by atoms with Gasteiger partial charge in [-0.2, -0.15) is 5.26 Å². The second-order valence-electron chi connectivity index (χ2n) is 4.80. The molecule has 0 fully saturated rings. The zero-order valence-electron chi connectivity index (χ0n) is 10.1. The Kier molecular flexibility index (Phi) is 5.11. The summed E-state index contributed by atoms with van der Waals surface area (Å²) in [5.74, 6) is 0. The van der Waals surface area contributed by atoms with E-state index in [1.165, 1.54) is 0 Å². The molecule has 0 spiro atoms. The van der Waals surface area contributed by atoms with Crippen molar-refractivity contribution in [1.82, 2.24) is 0 Å². The Bertz CT molecular complexity index is 422. The Morgan fingerprint density at radius 1 is 1.35 bits per heavy atom. The number of rotatable bonds is 5. The van der Waals surface area contributed by atoms with Crippen LogP contribution in [0.3, 0.4) is 0 Å². The zero-order valence-corrected chi connectivity index (χ0v) is 11.6. The van der Waals surface area contributed by atoms with Gasteiger partial charge in [0.2, 0.25) is 0 Å². The Morgan fingerprint density at radius 2 is 2.06 bits per heavy atom. The number of benzene rings is 1. The van der Waals surface area contributed by atoms with Gasteiger partial charge in [0.1, 0.15) is 0 Å². The van der Waals surface area contributed by atoms with E-state index in [9.17, 15) is 0 Å². The molecule has 0 amide bonds. The van der Waals surface area contributed by atoms with Crippen molar-refractivity contribution in [3.8, 4) is 6.07 Å². The molecule has 1 aromatic carbocycles.